The average molecular weight is 463 g/mol. The molecule has 1 atom stereocenters. The summed E-state index contributed by atoms with van der Waals surface area (Å²) in [6.07, 6.45) is 0.762. The van der Waals surface area contributed by atoms with Gasteiger partial charge in [0.05, 0.1) is 5.69 Å². The van der Waals surface area contributed by atoms with Gasteiger partial charge >= 0.3 is 6.03 Å². The Kier molecular flexibility index (Phi) is 4.89. The fourth-order valence-corrected chi connectivity index (χ4v) is 4.72. The molecule has 0 aromatic heterocycles. The SMILES string of the molecule is CC(C)(C)c1ccc2c(c1)N(CC(=O)Nc1ccc3c(c1)CC1(C3)NC(=O)NC1=O)C(=O)CO2. The van der Waals surface area contributed by atoms with Crippen molar-refractivity contribution in [2.45, 2.75) is 44.6 Å². The number of hydrogen-bond acceptors (Lipinski definition) is 5. The van der Waals surface area contributed by atoms with Crippen molar-refractivity contribution < 1.29 is 23.9 Å². The molecule has 3 aliphatic rings. The van der Waals surface area contributed by atoms with Gasteiger partial charge < -0.3 is 15.4 Å². The predicted octanol–water partition coefficient (Wildman–Crippen LogP) is 2.02. The molecule has 2 aromatic rings. The van der Waals surface area contributed by atoms with Crippen LogP contribution >= 0.6 is 0 Å². The second-order valence-corrected chi connectivity index (χ2v) is 10.1. The maximum absolute atomic E-state index is 12.9. The van der Waals surface area contributed by atoms with E-state index in [1.165, 1.54) is 4.90 Å². The maximum Gasteiger partial charge on any atom is 0.322 e. The number of urea groups is 1. The zero-order chi connectivity index (χ0) is 24.3. The second kappa shape index (κ2) is 7.58. The van der Waals surface area contributed by atoms with Crippen LogP contribution in [0, 0.1) is 0 Å². The number of nitrogens with zero attached hydrogens (tertiary/aromatic N) is 1. The molecule has 9 heteroatoms. The lowest BCUT2D eigenvalue weighted by Gasteiger charge is -2.31. The summed E-state index contributed by atoms with van der Waals surface area (Å²) in [5, 5.41) is 7.88. The Morgan fingerprint density at radius 1 is 1.09 bits per heavy atom. The van der Waals surface area contributed by atoms with Crippen molar-refractivity contribution in [2.24, 2.45) is 0 Å². The number of hydrogen-bond donors (Lipinski definition) is 3. The molecule has 1 unspecified atom stereocenters. The van der Waals surface area contributed by atoms with Gasteiger partial charge in [-0.2, -0.15) is 0 Å². The molecule has 1 spiro atoms. The number of imide groups is 1. The molecule has 34 heavy (non-hydrogen) atoms. The largest absolute Gasteiger partial charge is 0.482 e. The number of nitrogens with one attached hydrogen (secondary N) is 3. The Labute approximate surface area is 196 Å². The minimum absolute atomic E-state index is 0.121. The molecule has 5 amide bonds. The molecule has 0 bridgehead atoms. The van der Waals surface area contributed by atoms with Crippen molar-refractivity contribution in [3.05, 3.63) is 53.1 Å². The Morgan fingerprint density at radius 2 is 1.85 bits per heavy atom. The van der Waals surface area contributed by atoms with Crippen LogP contribution in [0.5, 0.6) is 5.75 Å². The van der Waals surface area contributed by atoms with Crippen molar-refractivity contribution in [1.82, 2.24) is 10.6 Å². The van der Waals surface area contributed by atoms with E-state index in [1.54, 1.807) is 6.07 Å². The molecule has 176 valence electrons. The molecule has 3 N–H and O–H groups in total. The first-order chi connectivity index (χ1) is 16.0. The highest BCUT2D eigenvalue weighted by molar-refractivity contribution is 6.08. The lowest BCUT2D eigenvalue weighted by atomic mass is 9.86. The number of amides is 5. The van der Waals surface area contributed by atoms with Crippen molar-refractivity contribution >= 4 is 35.1 Å². The lowest BCUT2D eigenvalue weighted by molar-refractivity contribution is -0.124. The van der Waals surface area contributed by atoms with Crippen molar-refractivity contribution in [2.75, 3.05) is 23.4 Å². The number of ether oxygens (including phenoxy) is 1. The summed E-state index contributed by atoms with van der Waals surface area (Å²) >= 11 is 0. The summed E-state index contributed by atoms with van der Waals surface area (Å²) in [6.45, 7) is 5.97. The van der Waals surface area contributed by atoms with Gasteiger partial charge in [-0.15, -0.1) is 0 Å². The van der Waals surface area contributed by atoms with Gasteiger partial charge in [-0.3, -0.25) is 24.6 Å². The van der Waals surface area contributed by atoms with E-state index in [4.69, 9.17) is 4.74 Å². The summed E-state index contributed by atoms with van der Waals surface area (Å²) in [5.74, 6) is -0.395. The van der Waals surface area contributed by atoms with Gasteiger partial charge in [0.2, 0.25) is 5.91 Å². The molecule has 2 heterocycles. The summed E-state index contributed by atoms with van der Waals surface area (Å²) in [5.41, 5.74) is 2.93. The molecule has 0 radical (unpaired) electrons. The Morgan fingerprint density at radius 3 is 2.56 bits per heavy atom. The maximum atomic E-state index is 12.9. The summed E-state index contributed by atoms with van der Waals surface area (Å²) in [7, 11) is 0. The standard InChI is InChI=1S/C25H26N4O5/c1-24(2,3)16-5-7-19-18(9-16)29(21(31)13-34-19)12-20(30)26-17-6-4-14-10-25(11-15(14)8-17)22(32)27-23(33)28-25/h4-9H,10-13H2,1-3H3,(H,26,30)(H2,27,28,32,33). The third-order valence-electron chi connectivity index (χ3n) is 6.56. The summed E-state index contributed by atoms with van der Waals surface area (Å²) < 4.78 is 5.56. The first-order valence-electron chi connectivity index (χ1n) is 11.2. The third-order valence-corrected chi connectivity index (χ3v) is 6.56. The number of benzene rings is 2. The van der Waals surface area contributed by atoms with E-state index >= 15 is 0 Å². The van der Waals surface area contributed by atoms with Gasteiger partial charge in [0, 0.05) is 18.5 Å². The molecule has 5 rings (SSSR count). The van der Waals surface area contributed by atoms with Crippen LogP contribution in [0.25, 0.3) is 0 Å². The number of carbonyl (C=O) groups excluding carboxylic acids is 4. The normalized spacial score (nSPS) is 21.0. The summed E-state index contributed by atoms with van der Waals surface area (Å²) in [4.78, 5) is 50.8. The lowest BCUT2D eigenvalue weighted by Crippen LogP contribution is -2.47. The zero-order valence-electron chi connectivity index (χ0n) is 19.3. The third kappa shape index (κ3) is 3.76. The van der Waals surface area contributed by atoms with Crippen LogP contribution in [-0.4, -0.2) is 42.4 Å². The van der Waals surface area contributed by atoms with Gasteiger partial charge in [-0.1, -0.05) is 32.9 Å². The quantitative estimate of drug-likeness (QED) is 0.604. The molecule has 1 aliphatic carbocycles. The van der Waals surface area contributed by atoms with Crippen LogP contribution in [0.4, 0.5) is 16.2 Å². The topological polar surface area (TPSA) is 117 Å². The van der Waals surface area contributed by atoms with E-state index in [9.17, 15) is 19.2 Å². The van der Waals surface area contributed by atoms with E-state index in [2.05, 4.69) is 36.7 Å². The van der Waals surface area contributed by atoms with Crippen molar-refractivity contribution in [3.8, 4) is 5.75 Å². The van der Waals surface area contributed by atoms with Gasteiger partial charge in [-0.25, -0.2) is 4.79 Å². The number of carbonyl (C=O) groups is 4. The number of fused-ring (bicyclic) bond motifs is 2. The van der Waals surface area contributed by atoms with Gasteiger partial charge in [0.15, 0.2) is 6.61 Å². The summed E-state index contributed by atoms with van der Waals surface area (Å²) in [6, 6.07) is 10.6. The Hall–Kier alpha value is -3.88. The molecule has 0 saturated carbocycles. The highest BCUT2D eigenvalue weighted by Crippen LogP contribution is 2.37. The van der Waals surface area contributed by atoms with Gasteiger partial charge in [-0.05, 0) is 46.4 Å². The second-order valence-electron chi connectivity index (χ2n) is 10.1. The number of anilines is 2. The average Bonchev–Trinajstić information content (AvgIpc) is 3.26. The molecule has 1 saturated heterocycles. The fourth-order valence-electron chi connectivity index (χ4n) is 4.72. The fraction of sp³-hybridized carbons (Fsp3) is 0.360. The Balaban J connectivity index is 1.32. The van der Waals surface area contributed by atoms with E-state index in [0.717, 1.165) is 16.7 Å². The highest BCUT2D eigenvalue weighted by atomic mass is 16.5. The van der Waals surface area contributed by atoms with Crippen molar-refractivity contribution in [3.63, 3.8) is 0 Å². The molecule has 2 aliphatic heterocycles. The van der Waals surface area contributed by atoms with Crippen LogP contribution in [0.1, 0.15) is 37.5 Å². The van der Waals surface area contributed by atoms with Crippen LogP contribution in [0.3, 0.4) is 0 Å². The van der Waals surface area contributed by atoms with Crippen LogP contribution in [0.2, 0.25) is 0 Å². The van der Waals surface area contributed by atoms with Crippen LogP contribution in [0.15, 0.2) is 36.4 Å². The smallest absolute Gasteiger partial charge is 0.322 e. The molecule has 1 fully saturated rings. The first kappa shape index (κ1) is 21.9. The van der Waals surface area contributed by atoms with Crippen LogP contribution in [-0.2, 0) is 32.6 Å². The first-order valence-corrected chi connectivity index (χ1v) is 11.2. The van der Waals surface area contributed by atoms with E-state index in [1.807, 2.05) is 30.3 Å². The highest BCUT2D eigenvalue weighted by Gasteiger charge is 2.50. The minimum atomic E-state index is -0.962. The van der Waals surface area contributed by atoms with E-state index in [0.29, 0.717) is 30.0 Å². The predicted molar refractivity (Wildman–Crippen MR) is 125 cm³/mol. The minimum Gasteiger partial charge on any atom is -0.482 e. The van der Waals surface area contributed by atoms with E-state index in [-0.39, 0.29) is 36.3 Å². The molecule has 2 aromatic carbocycles. The monoisotopic (exact) mass is 462 g/mol. The Bertz CT molecular complexity index is 1250. The zero-order valence-corrected chi connectivity index (χ0v) is 19.3. The number of rotatable bonds is 3. The van der Waals surface area contributed by atoms with Gasteiger partial charge in [0.1, 0.15) is 17.8 Å². The molecule has 9 nitrogen and oxygen atoms in total. The molecular weight excluding hydrogens is 436 g/mol. The van der Waals surface area contributed by atoms with Crippen LogP contribution < -0.4 is 25.6 Å². The van der Waals surface area contributed by atoms with E-state index < -0.39 is 11.6 Å². The van der Waals surface area contributed by atoms with Crippen molar-refractivity contribution in [1.29, 1.82) is 0 Å². The molecular formula is C25H26N4O5. The van der Waals surface area contributed by atoms with Gasteiger partial charge in [0.25, 0.3) is 11.8 Å².